The van der Waals surface area contributed by atoms with Crippen molar-refractivity contribution in [1.82, 2.24) is 9.97 Å². The van der Waals surface area contributed by atoms with Crippen molar-refractivity contribution >= 4 is 32.3 Å². The molecular weight excluding hydrogens is 364 g/mol. The molecular formula is C28H18N2. The van der Waals surface area contributed by atoms with Gasteiger partial charge in [-0.1, -0.05) is 54.6 Å². The van der Waals surface area contributed by atoms with Crippen LogP contribution >= 0.6 is 0 Å². The lowest BCUT2D eigenvalue weighted by Gasteiger charge is -2.10. The van der Waals surface area contributed by atoms with E-state index >= 15 is 0 Å². The Labute approximate surface area is 174 Å². The number of nitrogens with zero attached hydrogens (tertiary/aromatic N) is 2. The third-order valence-electron chi connectivity index (χ3n) is 5.70. The number of hydrogen-bond acceptors (Lipinski definition) is 2. The summed E-state index contributed by atoms with van der Waals surface area (Å²) in [5.41, 5.74) is 4.08. The van der Waals surface area contributed by atoms with Crippen LogP contribution in [-0.4, -0.2) is 9.97 Å². The third-order valence-corrected chi connectivity index (χ3v) is 5.70. The number of fused-ring (bicyclic) bond motifs is 3. The molecule has 6 rings (SSSR count). The van der Waals surface area contributed by atoms with Gasteiger partial charge in [0.05, 0.1) is 11.4 Å². The monoisotopic (exact) mass is 382 g/mol. The van der Waals surface area contributed by atoms with Crippen molar-refractivity contribution in [2.45, 2.75) is 0 Å². The van der Waals surface area contributed by atoms with Gasteiger partial charge in [0.15, 0.2) is 0 Å². The van der Waals surface area contributed by atoms with E-state index in [0.29, 0.717) is 0 Å². The smallest absolute Gasteiger partial charge is 0.0886 e. The summed E-state index contributed by atoms with van der Waals surface area (Å²) in [6, 6.07) is 34.2. The van der Waals surface area contributed by atoms with Gasteiger partial charge < -0.3 is 0 Å². The lowest BCUT2D eigenvalue weighted by atomic mass is 9.95. The molecule has 0 aliphatic rings. The lowest BCUT2D eigenvalue weighted by Crippen LogP contribution is -1.88. The first-order chi connectivity index (χ1) is 14.8. The highest BCUT2D eigenvalue weighted by Gasteiger charge is 2.08. The number of pyridine rings is 2. The summed E-state index contributed by atoms with van der Waals surface area (Å²) in [7, 11) is 0. The minimum absolute atomic E-state index is 0.886. The van der Waals surface area contributed by atoms with E-state index in [0.717, 1.165) is 17.0 Å². The molecule has 2 heterocycles. The fourth-order valence-electron chi connectivity index (χ4n) is 4.19. The molecule has 0 radical (unpaired) electrons. The Balaban J connectivity index is 1.52. The normalized spacial score (nSPS) is 11.3. The molecule has 2 heteroatoms. The molecule has 140 valence electrons. The van der Waals surface area contributed by atoms with Crippen molar-refractivity contribution < 1.29 is 0 Å². The summed E-state index contributed by atoms with van der Waals surface area (Å²) in [4.78, 5) is 9.07. The van der Waals surface area contributed by atoms with Crippen molar-refractivity contribution in [3.8, 4) is 22.5 Å². The van der Waals surface area contributed by atoms with Gasteiger partial charge in [-0.05, 0) is 80.3 Å². The van der Waals surface area contributed by atoms with E-state index < -0.39 is 0 Å². The van der Waals surface area contributed by atoms with E-state index in [4.69, 9.17) is 0 Å². The van der Waals surface area contributed by atoms with Gasteiger partial charge in [0.2, 0.25) is 0 Å². The van der Waals surface area contributed by atoms with Gasteiger partial charge in [-0.15, -0.1) is 0 Å². The molecule has 6 aromatic rings. The second kappa shape index (κ2) is 6.78. The maximum Gasteiger partial charge on any atom is 0.0886 e. The van der Waals surface area contributed by atoms with E-state index in [1.807, 2.05) is 30.5 Å². The molecule has 0 spiro atoms. The molecule has 4 aromatic carbocycles. The SMILES string of the molecule is c1ccc(-c2ccc(-c3cccc4cc5cc6ccccc6cc5cc34)cn2)nc1. The largest absolute Gasteiger partial charge is 0.255 e. The van der Waals surface area contributed by atoms with Crippen LogP contribution < -0.4 is 0 Å². The Morgan fingerprint density at radius 1 is 0.467 bits per heavy atom. The van der Waals surface area contributed by atoms with Crippen LogP contribution in [0.25, 0.3) is 54.8 Å². The van der Waals surface area contributed by atoms with Crippen LogP contribution in [-0.2, 0) is 0 Å². The van der Waals surface area contributed by atoms with Crippen molar-refractivity contribution in [1.29, 1.82) is 0 Å². The molecule has 0 fully saturated rings. The number of benzene rings is 4. The minimum Gasteiger partial charge on any atom is -0.255 e. The predicted octanol–water partition coefficient (Wildman–Crippen LogP) is 7.27. The Kier molecular flexibility index (Phi) is 3.82. The van der Waals surface area contributed by atoms with Crippen molar-refractivity contribution in [3.63, 3.8) is 0 Å². The molecule has 0 unspecified atom stereocenters. The molecule has 0 bridgehead atoms. The highest BCUT2D eigenvalue weighted by molar-refractivity contribution is 6.08. The highest BCUT2D eigenvalue weighted by atomic mass is 14.8. The van der Waals surface area contributed by atoms with Gasteiger partial charge in [-0.2, -0.15) is 0 Å². The van der Waals surface area contributed by atoms with Crippen LogP contribution in [0.15, 0.2) is 109 Å². The Bertz CT molecular complexity index is 1520. The molecule has 0 atom stereocenters. The van der Waals surface area contributed by atoms with Crippen LogP contribution in [0.3, 0.4) is 0 Å². The van der Waals surface area contributed by atoms with Crippen molar-refractivity contribution in [3.05, 3.63) is 109 Å². The fourth-order valence-corrected chi connectivity index (χ4v) is 4.19. The maximum atomic E-state index is 4.67. The van der Waals surface area contributed by atoms with Crippen LogP contribution in [0, 0.1) is 0 Å². The van der Waals surface area contributed by atoms with Crippen LogP contribution in [0.5, 0.6) is 0 Å². The molecule has 0 amide bonds. The summed E-state index contributed by atoms with van der Waals surface area (Å²) >= 11 is 0. The average molecular weight is 382 g/mol. The zero-order chi connectivity index (χ0) is 19.9. The van der Waals surface area contributed by atoms with Gasteiger partial charge in [0.25, 0.3) is 0 Å². The lowest BCUT2D eigenvalue weighted by molar-refractivity contribution is 1.25. The van der Waals surface area contributed by atoms with E-state index in [9.17, 15) is 0 Å². The van der Waals surface area contributed by atoms with Crippen molar-refractivity contribution in [2.75, 3.05) is 0 Å². The molecule has 0 saturated heterocycles. The molecule has 2 aromatic heterocycles. The van der Waals surface area contributed by atoms with Gasteiger partial charge in [0, 0.05) is 18.0 Å². The molecule has 2 nitrogen and oxygen atoms in total. The Morgan fingerprint density at radius 3 is 1.90 bits per heavy atom. The molecule has 0 saturated carbocycles. The average Bonchev–Trinajstić information content (AvgIpc) is 2.82. The second-order valence-electron chi connectivity index (χ2n) is 7.57. The Hall–Kier alpha value is -4.04. The van der Waals surface area contributed by atoms with E-state index in [1.54, 1.807) is 6.20 Å². The first-order valence-corrected chi connectivity index (χ1v) is 10.1. The summed E-state index contributed by atoms with van der Waals surface area (Å²) in [5.74, 6) is 0. The Morgan fingerprint density at radius 2 is 1.17 bits per heavy atom. The summed E-state index contributed by atoms with van der Waals surface area (Å²) in [5, 5.41) is 7.54. The second-order valence-corrected chi connectivity index (χ2v) is 7.57. The fraction of sp³-hybridized carbons (Fsp3) is 0. The standard InChI is InChI=1S/C28H18N2/c1-2-7-20-15-24-17-26-21(16-23(24)14-19(20)6-1)8-5-9-25(26)22-11-12-28(30-18-22)27-10-3-4-13-29-27/h1-18H. The number of aromatic nitrogens is 2. The maximum absolute atomic E-state index is 4.67. The molecule has 0 N–H and O–H groups in total. The van der Waals surface area contributed by atoms with Crippen LogP contribution in [0.2, 0.25) is 0 Å². The van der Waals surface area contributed by atoms with Gasteiger partial charge in [0.1, 0.15) is 0 Å². The number of hydrogen-bond donors (Lipinski definition) is 0. The van der Waals surface area contributed by atoms with Gasteiger partial charge in [-0.25, -0.2) is 0 Å². The van der Waals surface area contributed by atoms with Crippen LogP contribution in [0.4, 0.5) is 0 Å². The van der Waals surface area contributed by atoms with Crippen LogP contribution in [0.1, 0.15) is 0 Å². The third kappa shape index (κ3) is 2.82. The number of rotatable bonds is 2. The van der Waals surface area contributed by atoms with E-state index in [-0.39, 0.29) is 0 Å². The highest BCUT2D eigenvalue weighted by Crippen LogP contribution is 2.33. The summed E-state index contributed by atoms with van der Waals surface area (Å²) in [6.45, 7) is 0. The summed E-state index contributed by atoms with van der Waals surface area (Å²) in [6.07, 6.45) is 3.74. The van der Waals surface area contributed by atoms with Gasteiger partial charge in [-0.3, -0.25) is 9.97 Å². The first kappa shape index (κ1) is 16.9. The molecule has 30 heavy (non-hydrogen) atoms. The quantitative estimate of drug-likeness (QED) is 0.294. The minimum atomic E-state index is 0.886. The molecule has 0 aliphatic heterocycles. The topological polar surface area (TPSA) is 25.8 Å². The summed E-state index contributed by atoms with van der Waals surface area (Å²) < 4.78 is 0. The van der Waals surface area contributed by atoms with E-state index in [1.165, 1.54) is 37.9 Å². The van der Waals surface area contributed by atoms with Gasteiger partial charge >= 0.3 is 0 Å². The predicted molar refractivity (Wildman–Crippen MR) is 125 cm³/mol. The zero-order valence-corrected chi connectivity index (χ0v) is 16.3. The first-order valence-electron chi connectivity index (χ1n) is 10.1. The van der Waals surface area contributed by atoms with E-state index in [2.05, 4.69) is 82.8 Å². The molecule has 0 aliphatic carbocycles. The van der Waals surface area contributed by atoms with Crippen molar-refractivity contribution in [2.24, 2.45) is 0 Å². The zero-order valence-electron chi connectivity index (χ0n) is 16.3.